The summed E-state index contributed by atoms with van der Waals surface area (Å²) in [5.74, 6) is 0.643. The largest absolute Gasteiger partial charge is 0.381 e. The summed E-state index contributed by atoms with van der Waals surface area (Å²) >= 11 is 0. The van der Waals surface area contributed by atoms with Gasteiger partial charge in [0.2, 0.25) is 5.91 Å². The molecule has 0 aliphatic carbocycles. The van der Waals surface area contributed by atoms with Crippen LogP contribution in [0.4, 0.5) is 0 Å². The van der Waals surface area contributed by atoms with E-state index in [9.17, 15) is 4.79 Å². The zero-order valence-electron chi connectivity index (χ0n) is 11.6. The van der Waals surface area contributed by atoms with Gasteiger partial charge in [-0.3, -0.25) is 4.79 Å². The van der Waals surface area contributed by atoms with E-state index in [-0.39, 0.29) is 5.91 Å². The average molecular weight is 249 g/mol. The van der Waals surface area contributed by atoms with E-state index in [2.05, 4.69) is 13.8 Å². The molecule has 3 heteroatoms. The number of carbonyl (C=O) groups is 1. The van der Waals surface area contributed by atoms with Crippen molar-refractivity contribution in [2.75, 3.05) is 20.3 Å². The molecule has 0 atom stereocenters. The Balaban J connectivity index is 2.25. The Morgan fingerprint density at radius 3 is 2.56 bits per heavy atom. The fourth-order valence-corrected chi connectivity index (χ4v) is 1.61. The van der Waals surface area contributed by atoms with Crippen LogP contribution in [0.15, 0.2) is 30.3 Å². The Bertz CT molecular complexity index is 349. The van der Waals surface area contributed by atoms with Gasteiger partial charge >= 0.3 is 0 Å². The highest BCUT2D eigenvalue weighted by Crippen LogP contribution is 2.04. The molecule has 0 unspecified atom stereocenters. The lowest BCUT2D eigenvalue weighted by molar-refractivity contribution is -0.131. The molecule has 1 aromatic rings. The minimum Gasteiger partial charge on any atom is -0.381 e. The Kier molecular flexibility index (Phi) is 6.44. The van der Waals surface area contributed by atoms with Gasteiger partial charge in [-0.15, -0.1) is 0 Å². The third kappa shape index (κ3) is 5.82. The molecule has 0 fully saturated rings. The number of nitrogens with zero attached hydrogens (tertiary/aromatic N) is 1. The van der Waals surface area contributed by atoms with Crippen molar-refractivity contribution in [2.45, 2.75) is 26.8 Å². The second-order valence-corrected chi connectivity index (χ2v) is 4.95. The molecule has 0 spiro atoms. The quantitative estimate of drug-likeness (QED) is 0.695. The zero-order valence-corrected chi connectivity index (χ0v) is 11.6. The molecule has 0 radical (unpaired) electrons. The molecule has 0 aliphatic rings. The summed E-state index contributed by atoms with van der Waals surface area (Å²) in [5, 5.41) is 0. The van der Waals surface area contributed by atoms with Crippen LogP contribution >= 0.6 is 0 Å². The first-order valence-corrected chi connectivity index (χ1v) is 6.45. The van der Waals surface area contributed by atoms with E-state index in [0.29, 0.717) is 25.5 Å². The molecule has 3 nitrogen and oxygen atoms in total. The van der Waals surface area contributed by atoms with Crippen molar-refractivity contribution in [3.63, 3.8) is 0 Å². The average Bonchev–Trinajstić information content (AvgIpc) is 2.35. The summed E-state index contributed by atoms with van der Waals surface area (Å²) in [5.41, 5.74) is 1.15. The van der Waals surface area contributed by atoms with Crippen molar-refractivity contribution in [3.05, 3.63) is 35.9 Å². The van der Waals surface area contributed by atoms with Crippen molar-refractivity contribution in [2.24, 2.45) is 5.92 Å². The van der Waals surface area contributed by atoms with Crippen molar-refractivity contribution < 1.29 is 9.53 Å². The summed E-state index contributed by atoms with van der Waals surface area (Å²) in [6, 6.07) is 10.0. The standard InChI is InChI=1S/C15H23NO2/c1-13(2)12-18-10-9-15(17)16(3)11-14-7-5-4-6-8-14/h4-8,13H,9-12H2,1-3H3. The molecule has 100 valence electrons. The Morgan fingerprint density at radius 1 is 1.28 bits per heavy atom. The predicted molar refractivity (Wildman–Crippen MR) is 73.2 cm³/mol. The minimum absolute atomic E-state index is 0.127. The van der Waals surface area contributed by atoms with E-state index in [1.165, 1.54) is 0 Å². The van der Waals surface area contributed by atoms with Crippen LogP contribution in [0, 0.1) is 5.92 Å². The first-order valence-electron chi connectivity index (χ1n) is 6.45. The number of carbonyl (C=O) groups excluding carboxylic acids is 1. The highest BCUT2D eigenvalue weighted by molar-refractivity contribution is 5.75. The summed E-state index contributed by atoms with van der Waals surface area (Å²) < 4.78 is 5.42. The molecule has 1 amide bonds. The van der Waals surface area contributed by atoms with E-state index in [4.69, 9.17) is 4.74 Å². The SMILES string of the molecule is CC(C)COCCC(=O)N(C)Cc1ccccc1. The molecule has 0 bridgehead atoms. The van der Waals surface area contributed by atoms with Gasteiger partial charge in [0.05, 0.1) is 13.0 Å². The van der Waals surface area contributed by atoms with Crippen LogP contribution in [-0.2, 0) is 16.1 Å². The van der Waals surface area contributed by atoms with Crippen molar-refractivity contribution in [1.29, 1.82) is 0 Å². The fourth-order valence-electron chi connectivity index (χ4n) is 1.61. The van der Waals surface area contributed by atoms with E-state index in [0.717, 1.165) is 12.2 Å². The molecule has 0 saturated heterocycles. The van der Waals surface area contributed by atoms with Crippen molar-refractivity contribution in [1.82, 2.24) is 4.90 Å². The van der Waals surface area contributed by atoms with Gasteiger partial charge in [0.15, 0.2) is 0 Å². The van der Waals surface area contributed by atoms with Gasteiger partial charge in [0, 0.05) is 20.2 Å². The molecule has 0 aromatic heterocycles. The number of amides is 1. The Hall–Kier alpha value is -1.35. The molecule has 0 heterocycles. The third-order valence-corrected chi connectivity index (χ3v) is 2.60. The zero-order chi connectivity index (χ0) is 13.4. The van der Waals surface area contributed by atoms with E-state index in [1.54, 1.807) is 4.90 Å². The predicted octanol–water partition coefficient (Wildman–Crippen LogP) is 2.71. The van der Waals surface area contributed by atoms with Crippen molar-refractivity contribution >= 4 is 5.91 Å². The number of benzene rings is 1. The summed E-state index contributed by atoms with van der Waals surface area (Å²) in [4.78, 5) is 13.6. The maximum Gasteiger partial charge on any atom is 0.224 e. The lowest BCUT2D eigenvalue weighted by Crippen LogP contribution is -2.27. The third-order valence-electron chi connectivity index (χ3n) is 2.60. The van der Waals surface area contributed by atoms with Crippen LogP contribution in [0.1, 0.15) is 25.8 Å². The van der Waals surface area contributed by atoms with E-state index >= 15 is 0 Å². The van der Waals surface area contributed by atoms with E-state index in [1.807, 2.05) is 37.4 Å². The molecule has 1 aromatic carbocycles. The second-order valence-electron chi connectivity index (χ2n) is 4.95. The first kappa shape index (κ1) is 14.7. The van der Waals surface area contributed by atoms with Gasteiger partial charge in [0.25, 0.3) is 0 Å². The van der Waals surface area contributed by atoms with Gasteiger partial charge in [-0.05, 0) is 11.5 Å². The topological polar surface area (TPSA) is 29.5 Å². The van der Waals surface area contributed by atoms with Gasteiger partial charge in [0.1, 0.15) is 0 Å². The van der Waals surface area contributed by atoms with Crippen LogP contribution in [-0.4, -0.2) is 31.1 Å². The number of hydrogen-bond acceptors (Lipinski definition) is 2. The Labute approximate surface area is 110 Å². The summed E-state index contributed by atoms with van der Waals surface area (Å²) in [7, 11) is 1.83. The molecular weight excluding hydrogens is 226 g/mol. The number of hydrogen-bond donors (Lipinski definition) is 0. The molecule has 1 rings (SSSR count). The van der Waals surface area contributed by atoms with Gasteiger partial charge < -0.3 is 9.64 Å². The first-order chi connectivity index (χ1) is 8.59. The maximum atomic E-state index is 11.8. The summed E-state index contributed by atoms with van der Waals surface area (Å²) in [6.07, 6.45) is 0.454. The molecule has 18 heavy (non-hydrogen) atoms. The fraction of sp³-hybridized carbons (Fsp3) is 0.533. The second kappa shape index (κ2) is 7.88. The smallest absolute Gasteiger partial charge is 0.224 e. The lowest BCUT2D eigenvalue weighted by atomic mass is 10.2. The molecular formula is C15H23NO2. The van der Waals surface area contributed by atoms with Crippen LogP contribution in [0.3, 0.4) is 0 Å². The van der Waals surface area contributed by atoms with Gasteiger partial charge in [-0.1, -0.05) is 44.2 Å². The molecule has 0 aliphatic heterocycles. The normalized spacial score (nSPS) is 10.7. The van der Waals surface area contributed by atoms with Gasteiger partial charge in [-0.2, -0.15) is 0 Å². The summed E-state index contributed by atoms with van der Waals surface area (Å²) in [6.45, 7) is 6.09. The van der Waals surface area contributed by atoms with Gasteiger partial charge in [-0.25, -0.2) is 0 Å². The highest BCUT2D eigenvalue weighted by Gasteiger charge is 2.08. The van der Waals surface area contributed by atoms with E-state index < -0.39 is 0 Å². The van der Waals surface area contributed by atoms with Crippen molar-refractivity contribution in [3.8, 4) is 0 Å². The van der Waals surface area contributed by atoms with Crippen LogP contribution in [0.25, 0.3) is 0 Å². The monoisotopic (exact) mass is 249 g/mol. The van der Waals surface area contributed by atoms with Crippen LogP contribution in [0.5, 0.6) is 0 Å². The highest BCUT2D eigenvalue weighted by atomic mass is 16.5. The maximum absolute atomic E-state index is 11.8. The molecule has 0 N–H and O–H groups in total. The number of rotatable bonds is 7. The Morgan fingerprint density at radius 2 is 1.94 bits per heavy atom. The van der Waals surface area contributed by atoms with Crippen LogP contribution in [0.2, 0.25) is 0 Å². The van der Waals surface area contributed by atoms with Crippen LogP contribution < -0.4 is 0 Å². The lowest BCUT2D eigenvalue weighted by Gasteiger charge is -2.17. The molecule has 0 saturated carbocycles. The number of ether oxygens (including phenoxy) is 1. The minimum atomic E-state index is 0.127.